The van der Waals surface area contributed by atoms with E-state index in [1.165, 1.54) is 7.11 Å². The van der Waals surface area contributed by atoms with E-state index < -0.39 is 5.91 Å². The molecule has 2 aliphatic rings. The monoisotopic (exact) mass is 348 g/mol. The molecule has 136 valence electrons. The quantitative estimate of drug-likeness (QED) is 0.867. The zero-order valence-corrected chi connectivity index (χ0v) is 14.4. The van der Waals surface area contributed by atoms with Gasteiger partial charge < -0.3 is 24.8 Å². The summed E-state index contributed by atoms with van der Waals surface area (Å²) in [5, 5.41) is 0. The van der Waals surface area contributed by atoms with E-state index in [0.717, 1.165) is 25.7 Å². The third kappa shape index (κ3) is 3.87. The fourth-order valence-corrected chi connectivity index (χ4v) is 3.58. The van der Waals surface area contributed by atoms with Crippen LogP contribution in [0.15, 0.2) is 18.2 Å². The van der Waals surface area contributed by atoms with E-state index in [0.29, 0.717) is 30.2 Å². The highest BCUT2D eigenvalue weighted by Gasteiger charge is 2.37. The van der Waals surface area contributed by atoms with Crippen molar-refractivity contribution in [1.82, 2.24) is 4.90 Å². The van der Waals surface area contributed by atoms with Gasteiger partial charge in [0.1, 0.15) is 0 Å². The summed E-state index contributed by atoms with van der Waals surface area (Å²) in [4.78, 5) is 25.8. The molecule has 3 rings (SSSR count). The first kappa shape index (κ1) is 17.5. The van der Waals surface area contributed by atoms with Crippen LogP contribution in [0, 0.1) is 0 Å². The summed E-state index contributed by atoms with van der Waals surface area (Å²) in [5.74, 6) is 0.190. The number of methoxy groups -OCH3 is 1. The number of hydrogen-bond acceptors (Lipinski definition) is 5. The molecule has 7 heteroatoms. The first-order valence-electron chi connectivity index (χ1n) is 8.62. The zero-order chi connectivity index (χ0) is 17.8. The van der Waals surface area contributed by atoms with Gasteiger partial charge in [0.2, 0.25) is 0 Å². The molecule has 1 saturated carbocycles. The number of amides is 2. The van der Waals surface area contributed by atoms with Gasteiger partial charge in [0.15, 0.2) is 18.1 Å². The number of nitrogens with two attached hydrogens (primary N) is 1. The minimum Gasteiger partial charge on any atom is -0.493 e. The van der Waals surface area contributed by atoms with Crippen LogP contribution < -0.4 is 15.2 Å². The van der Waals surface area contributed by atoms with Crippen molar-refractivity contribution in [3.05, 3.63) is 23.8 Å². The molecule has 0 radical (unpaired) electrons. The van der Waals surface area contributed by atoms with Crippen LogP contribution in [0.25, 0.3) is 0 Å². The second kappa shape index (κ2) is 7.74. The van der Waals surface area contributed by atoms with Crippen molar-refractivity contribution >= 4 is 11.8 Å². The van der Waals surface area contributed by atoms with Crippen LogP contribution in [0.4, 0.5) is 0 Å². The van der Waals surface area contributed by atoms with E-state index >= 15 is 0 Å². The highest BCUT2D eigenvalue weighted by atomic mass is 16.5. The Morgan fingerprint density at radius 3 is 2.84 bits per heavy atom. The molecule has 7 nitrogen and oxygen atoms in total. The molecular weight excluding hydrogens is 324 g/mol. The Morgan fingerprint density at radius 1 is 1.28 bits per heavy atom. The summed E-state index contributed by atoms with van der Waals surface area (Å²) in [5.41, 5.74) is 5.63. The van der Waals surface area contributed by atoms with Crippen LogP contribution >= 0.6 is 0 Å². The van der Waals surface area contributed by atoms with Crippen molar-refractivity contribution in [2.45, 2.75) is 37.8 Å². The Kier molecular flexibility index (Phi) is 5.43. The standard InChI is InChI=1S/C18H24N2O5/c1-23-16-10-12(6-7-15(16)25-11-17(19)21)18(22)20-8-9-24-14-5-3-2-4-13(14)20/h6-7,10,13-14H,2-5,8-9,11H2,1H3,(H2,19,21)/t13-,14-/m1/s1. The number of fused-ring (bicyclic) bond motifs is 1. The smallest absolute Gasteiger partial charge is 0.255 e. The van der Waals surface area contributed by atoms with E-state index in [4.69, 9.17) is 19.9 Å². The third-order valence-corrected chi connectivity index (χ3v) is 4.77. The molecule has 2 N–H and O–H groups in total. The molecule has 0 bridgehead atoms. The van der Waals surface area contributed by atoms with Crippen LogP contribution in [0.5, 0.6) is 11.5 Å². The van der Waals surface area contributed by atoms with Gasteiger partial charge in [-0.05, 0) is 31.0 Å². The normalized spacial score (nSPS) is 22.8. The Morgan fingerprint density at radius 2 is 2.08 bits per heavy atom. The van der Waals surface area contributed by atoms with E-state index in [9.17, 15) is 9.59 Å². The molecule has 1 aliphatic carbocycles. The Labute approximate surface area is 147 Å². The maximum atomic E-state index is 13.0. The number of ether oxygens (including phenoxy) is 3. The number of hydrogen-bond donors (Lipinski definition) is 1. The van der Waals surface area contributed by atoms with E-state index in [1.807, 2.05) is 4.90 Å². The van der Waals surface area contributed by atoms with Crippen LogP contribution in [0.1, 0.15) is 36.0 Å². The molecule has 2 fully saturated rings. The summed E-state index contributed by atoms with van der Waals surface area (Å²) in [6.45, 7) is 0.933. The number of rotatable bonds is 5. The Bertz CT molecular complexity index is 646. The maximum absolute atomic E-state index is 13.0. The second-order valence-corrected chi connectivity index (χ2v) is 6.38. The first-order chi connectivity index (χ1) is 12.1. The van der Waals surface area contributed by atoms with Gasteiger partial charge in [-0.1, -0.05) is 12.8 Å². The maximum Gasteiger partial charge on any atom is 0.255 e. The number of nitrogens with zero attached hydrogens (tertiary/aromatic N) is 1. The van der Waals surface area contributed by atoms with Crippen LogP contribution in [-0.2, 0) is 9.53 Å². The van der Waals surface area contributed by atoms with E-state index in [2.05, 4.69) is 0 Å². The first-order valence-corrected chi connectivity index (χ1v) is 8.62. The van der Waals surface area contributed by atoms with Gasteiger partial charge in [0, 0.05) is 12.1 Å². The molecule has 1 aromatic rings. The molecule has 25 heavy (non-hydrogen) atoms. The predicted molar refractivity (Wildman–Crippen MR) is 90.7 cm³/mol. The van der Waals surface area contributed by atoms with Gasteiger partial charge in [-0.2, -0.15) is 0 Å². The lowest BCUT2D eigenvalue weighted by Crippen LogP contribution is -2.54. The van der Waals surface area contributed by atoms with Crippen molar-refractivity contribution in [3.8, 4) is 11.5 Å². The number of carbonyl (C=O) groups excluding carboxylic acids is 2. The molecule has 1 saturated heterocycles. The predicted octanol–water partition coefficient (Wildman–Crippen LogP) is 1.34. The van der Waals surface area contributed by atoms with Gasteiger partial charge in [0.05, 0.1) is 25.9 Å². The lowest BCUT2D eigenvalue weighted by atomic mass is 9.89. The van der Waals surface area contributed by atoms with Gasteiger partial charge in [-0.15, -0.1) is 0 Å². The van der Waals surface area contributed by atoms with E-state index in [-0.39, 0.29) is 24.7 Å². The molecular formula is C18H24N2O5. The summed E-state index contributed by atoms with van der Waals surface area (Å²) < 4.78 is 16.4. The number of benzene rings is 1. The van der Waals surface area contributed by atoms with Crippen molar-refractivity contribution in [2.24, 2.45) is 5.73 Å². The average Bonchev–Trinajstić information content (AvgIpc) is 2.65. The van der Waals surface area contributed by atoms with Crippen molar-refractivity contribution in [2.75, 3.05) is 26.9 Å². The number of carbonyl (C=O) groups is 2. The zero-order valence-electron chi connectivity index (χ0n) is 14.4. The van der Waals surface area contributed by atoms with Crippen molar-refractivity contribution < 1.29 is 23.8 Å². The summed E-state index contributed by atoms with van der Waals surface area (Å²) in [6, 6.07) is 5.11. The van der Waals surface area contributed by atoms with Gasteiger partial charge in [-0.3, -0.25) is 9.59 Å². The Hall–Kier alpha value is -2.28. The van der Waals surface area contributed by atoms with Crippen LogP contribution in [0.2, 0.25) is 0 Å². The molecule has 2 atom stereocenters. The van der Waals surface area contributed by atoms with Crippen molar-refractivity contribution in [3.63, 3.8) is 0 Å². The van der Waals surface area contributed by atoms with Gasteiger partial charge in [0.25, 0.3) is 11.8 Å². The Balaban J connectivity index is 1.78. The molecule has 0 spiro atoms. The van der Waals surface area contributed by atoms with Crippen LogP contribution in [-0.4, -0.2) is 55.7 Å². The van der Waals surface area contributed by atoms with Crippen LogP contribution in [0.3, 0.4) is 0 Å². The van der Waals surface area contributed by atoms with Crippen molar-refractivity contribution in [1.29, 1.82) is 0 Å². The topological polar surface area (TPSA) is 91.1 Å². The largest absolute Gasteiger partial charge is 0.493 e. The molecule has 1 aliphatic heterocycles. The lowest BCUT2D eigenvalue weighted by Gasteiger charge is -2.43. The van der Waals surface area contributed by atoms with Gasteiger partial charge in [-0.25, -0.2) is 0 Å². The molecule has 2 amide bonds. The molecule has 0 aromatic heterocycles. The third-order valence-electron chi connectivity index (χ3n) is 4.77. The summed E-state index contributed by atoms with van der Waals surface area (Å²) in [6.07, 6.45) is 4.41. The van der Waals surface area contributed by atoms with E-state index in [1.54, 1.807) is 18.2 Å². The molecule has 1 heterocycles. The SMILES string of the molecule is COc1cc(C(=O)N2CCO[C@@H]3CCCC[C@H]32)ccc1OCC(N)=O. The summed E-state index contributed by atoms with van der Waals surface area (Å²) in [7, 11) is 1.49. The minimum atomic E-state index is -0.570. The second-order valence-electron chi connectivity index (χ2n) is 6.38. The highest BCUT2D eigenvalue weighted by molar-refractivity contribution is 5.95. The highest BCUT2D eigenvalue weighted by Crippen LogP contribution is 2.32. The summed E-state index contributed by atoms with van der Waals surface area (Å²) >= 11 is 0. The molecule has 1 aromatic carbocycles. The molecule has 0 unspecified atom stereocenters. The fraction of sp³-hybridized carbons (Fsp3) is 0.556. The number of primary amides is 1. The lowest BCUT2D eigenvalue weighted by molar-refractivity contribution is -0.119. The number of morpholine rings is 1. The fourth-order valence-electron chi connectivity index (χ4n) is 3.58. The van der Waals surface area contributed by atoms with Gasteiger partial charge >= 0.3 is 0 Å². The average molecular weight is 348 g/mol. The minimum absolute atomic E-state index is 0.0278.